The van der Waals surface area contributed by atoms with E-state index < -0.39 is 0 Å². The Kier molecular flexibility index (Phi) is 8.54. The summed E-state index contributed by atoms with van der Waals surface area (Å²) in [7, 11) is 1.71. The fraction of sp³-hybridized carbons (Fsp3) is 0.750. The molecule has 0 rings (SSSR count). The molecule has 0 N–H and O–H groups in total. The van der Waals surface area contributed by atoms with Crippen molar-refractivity contribution in [3.63, 3.8) is 0 Å². The van der Waals surface area contributed by atoms with Gasteiger partial charge in [-0.25, -0.2) is 0 Å². The first-order chi connectivity index (χ1) is 6.70. The van der Waals surface area contributed by atoms with E-state index in [9.17, 15) is 4.79 Å². The van der Waals surface area contributed by atoms with Gasteiger partial charge in [-0.15, -0.1) is 0 Å². The lowest BCUT2D eigenvalue weighted by Crippen LogP contribution is -2.07. The van der Waals surface area contributed by atoms with E-state index >= 15 is 0 Å². The van der Waals surface area contributed by atoms with Crippen molar-refractivity contribution < 1.29 is 9.53 Å². The van der Waals surface area contributed by atoms with Crippen LogP contribution in [0.4, 0.5) is 0 Å². The second kappa shape index (κ2) is 8.95. The molecule has 0 fully saturated rings. The zero-order valence-corrected chi connectivity index (χ0v) is 9.53. The molecule has 82 valence electrons. The Balaban J connectivity index is 3.62. The number of carbonyl (C=O) groups is 1. The SMILES string of the molecule is COC(C=CCC=O)CCCC(C)C. The van der Waals surface area contributed by atoms with Gasteiger partial charge >= 0.3 is 0 Å². The first kappa shape index (κ1) is 13.4. The number of hydrogen-bond donors (Lipinski definition) is 0. The van der Waals surface area contributed by atoms with Crippen LogP contribution in [-0.4, -0.2) is 19.5 Å². The van der Waals surface area contributed by atoms with Crippen molar-refractivity contribution in [3.05, 3.63) is 12.2 Å². The molecule has 0 bridgehead atoms. The fourth-order valence-corrected chi connectivity index (χ4v) is 1.31. The normalized spacial score (nSPS) is 13.7. The van der Waals surface area contributed by atoms with Crippen LogP contribution in [0, 0.1) is 5.92 Å². The second-order valence-electron chi connectivity index (χ2n) is 3.93. The van der Waals surface area contributed by atoms with Gasteiger partial charge in [0.15, 0.2) is 0 Å². The Labute approximate surface area is 87.3 Å². The number of hydrogen-bond acceptors (Lipinski definition) is 2. The molecule has 1 unspecified atom stereocenters. The van der Waals surface area contributed by atoms with Gasteiger partial charge in [-0.2, -0.15) is 0 Å². The van der Waals surface area contributed by atoms with Gasteiger partial charge in [0.2, 0.25) is 0 Å². The molecule has 0 aromatic rings. The maximum atomic E-state index is 10.1. The summed E-state index contributed by atoms with van der Waals surface area (Å²) in [4.78, 5) is 10.1. The topological polar surface area (TPSA) is 26.3 Å². The van der Waals surface area contributed by atoms with E-state index in [-0.39, 0.29) is 6.10 Å². The summed E-state index contributed by atoms with van der Waals surface area (Å²) in [5.74, 6) is 0.756. The maximum absolute atomic E-state index is 10.1. The quantitative estimate of drug-likeness (QED) is 0.443. The van der Waals surface area contributed by atoms with Crippen molar-refractivity contribution in [2.45, 2.75) is 45.6 Å². The van der Waals surface area contributed by atoms with Gasteiger partial charge in [0.05, 0.1) is 6.10 Å². The number of ether oxygens (including phenoxy) is 1. The van der Waals surface area contributed by atoms with E-state index in [1.807, 2.05) is 12.2 Å². The largest absolute Gasteiger partial charge is 0.377 e. The number of carbonyl (C=O) groups excluding carboxylic acids is 1. The smallest absolute Gasteiger partial charge is 0.123 e. The highest BCUT2D eigenvalue weighted by Crippen LogP contribution is 2.10. The zero-order chi connectivity index (χ0) is 10.8. The predicted octanol–water partition coefficient (Wildman–Crippen LogP) is 2.97. The highest BCUT2D eigenvalue weighted by Gasteiger charge is 2.02. The Hall–Kier alpha value is -0.630. The van der Waals surface area contributed by atoms with Crippen LogP contribution in [0.5, 0.6) is 0 Å². The molecular formula is C12H22O2. The van der Waals surface area contributed by atoms with Crippen LogP contribution < -0.4 is 0 Å². The minimum atomic E-state index is 0.175. The monoisotopic (exact) mass is 198 g/mol. The molecule has 14 heavy (non-hydrogen) atoms. The summed E-state index contributed by atoms with van der Waals surface area (Å²) in [5, 5.41) is 0. The third-order valence-electron chi connectivity index (χ3n) is 2.16. The number of allylic oxidation sites excluding steroid dienone is 1. The molecule has 0 heterocycles. The van der Waals surface area contributed by atoms with Crippen molar-refractivity contribution in [2.75, 3.05) is 7.11 Å². The van der Waals surface area contributed by atoms with Crippen LogP contribution in [-0.2, 0) is 9.53 Å². The third-order valence-corrected chi connectivity index (χ3v) is 2.16. The molecule has 0 saturated heterocycles. The van der Waals surface area contributed by atoms with E-state index in [2.05, 4.69) is 13.8 Å². The van der Waals surface area contributed by atoms with Crippen molar-refractivity contribution in [1.82, 2.24) is 0 Å². The predicted molar refractivity (Wildman–Crippen MR) is 59.3 cm³/mol. The second-order valence-corrected chi connectivity index (χ2v) is 3.93. The van der Waals surface area contributed by atoms with Crippen molar-refractivity contribution in [1.29, 1.82) is 0 Å². The number of aldehydes is 1. The van der Waals surface area contributed by atoms with Gasteiger partial charge in [0.25, 0.3) is 0 Å². The molecule has 1 atom stereocenters. The lowest BCUT2D eigenvalue weighted by Gasteiger charge is -2.11. The molecule has 0 aromatic heterocycles. The summed E-state index contributed by atoms with van der Waals surface area (Å²) >= 11 is 0. The highest BCUT2D eigenvalue weighted by atomic mass is 16.5. The summed E-state index contributed by atoms with van der Waals surface area (Å²) in [6.45, 7) is 4.45. The molecule has 0 spiro atoms. The van der Waals surface area contributed by atoms with E-state index in [0.29, 0.717) is 6.42 Å². The van der Waals surface area contributed by atoms with Gasteiger partial charge in [0.1, 0.15) is 6.29 Å². The van der Waals surface area contributed by atoms with E-state index in [0.717, 1.165) is 18.6 Å². The molecule has 2 heteroatoms. The van der Waals surface area contributed by atoms with Crippen LogP contribution >= 0.6 is 0 Å². The minimum absolute atomic E-state index is 0.175. The average molecular weight is 198 g/mol. The molecule has 0 saturated carbocycles. The first-order valence-electron chi connectivity index (χ1n) is 5.33. The Bertz CT molecular complexity index is 162. The van der Waals surface area contributed by atoms with E-state index in [1.165, 1.54) is 12.8 Å². The Morgan fingerprint density at radius 2 is 2.00 bits per heavy atom. The molecule has 0 aliphatic heterocycles. The summed E-state index contributed by atoms with van der Waals surface area (Å²) in [5.41, 5.74) is 0. The molecule has 2 nitrogen and oxygen atoms in total. The highest BCUT2D eigenvalue weighted by molar-refractivity contribution is 5.51. The molecule has 0 aliphatic carbocycles. The average Bonchev–Trinajstić information content (AvgIpc) is 2.15. The van der Waals surface area contributed by atoms with Gasteiger partial charge < -0.3 is 9.53 Å². The number of methoxy groups -OCH3 is 1. The van der Waals surface area contributed by atoms with Crippen LogP contribution in [0.25, 0.3) is 0 Å². The van der Waals surface area contributed by atoms with Crippen LogP contribution in [0.3, 0.4) is 0 Å². The summed E-state index contributed by atoms with van der Waals surface area (Å²) in [6, 6.07) is 0. The van der Waals surface area contributed by atoms with Crippen LogP contribution in [0.1, 0.15) is 39.5 Å². The van der Waals surface area contributed by atoms with Gasteiger partial charge in [0, 0.05) is 13.5 Å². The minimum Gasteiger partial charge on any atom is -0.377 e. The van der Waals surface area contributed by atoms with Gasteiger partial charge in [-0.05, 0) is 12.3 Å². The summed E-state index contributed by atoms with van der Waals surface area (Å²) in [6.07, 6.45) is 8.88. The first-order valence-corrected chi connectivity index (χ1v) is 5.33. The maximum Gasteiger partial charge on any atom is 0.123 e. The van der Waals surface area contributed by atoms with Gasteiger partial charge in [-0.1, -0.05) is 38.8 Å². The molecule has 0 amide bonds. The van der Waals surface area contributed by atoms with Crippen molar-refractivity contribution >= 4 is 6.29 Å². The Morgan fingerprint density at radius 3 is 2.50 bits per heavy atom. The van der Waals surface area contributed by atoms with Crippen LogP contribution in [0.15, 0.2) is 12.2 Å². The lowest BCUT2D eigenvalue weighted by molar-refractivity contribution is -0.107. The fourth-order valence-electron chi connectivity index (χ4n) is 1.31. The third kappa shape index (κ3) is 7.99. The molecule has 0 aromatic carbocycles. The molecule has 0 radical (unpaired) electrons. The molecule has 0 aliphatic rings. The zero-order valence-electron chi connectivity index (χ0n) is 9.53. The van der Waals surface area contributed by atoms with Crippen molar-refractivity contribution in [2.24, 2.45) is 5.92 Å². The molecular weight excluding hydrogens is 176 g/mol. The number of rotatable bonds is 8. The van der Waals surface area contributed by atoms with Gasteiger partial charge in [-0.3, -0.25) is 0 Å². The van der Waals surface area contributed by atoms with E-state index in [1.54, 1.807) is 7.11 Å². The van der Waals surface area contributed by atoms with Crippen LogP contribution in [0.2, 0.25) is 0 Å². The standard InChI is InChI=1S/C12H22O2/c1-11(2)7-6-9-12(14-3)8-4-5-10-13/h4,8,10-12H,5-7,9H2,1-3H3. The lowest BCUT2D eigenvalue weighted by atomic mass is 10.0. The van der Waals surface area contributed by atoms with E-state index in [4.69, 9.17) is 4.74 Å². The van der Waals surface area contributed by atoms with Crippen molar-refractivity contribution in [3.8, 4) is 0 Å². The Morgan fingerprint density at radius 1 is 1.29 bits per heavy atom. The summed E-state index contributed by atoms with van der Waals surface area (Å²) < 4.78 is 5.28.